The highest BCUT2D eigenvalue weighted by molar-refractivity contribution is 7.88. The van der Waals surface area contributed by atoms with Gasteiger partial charge in [-0.05, 0) is 12.8 Å². The molecule has 1 unspecified atom stereocenters. The summed E-state index contributed by atoms with van der Waals surface area (Å²) in [6.45, 7) is 3.29. The molecule has 0 aromatic heterocycles. The summed E-state index contributed by atoms with van der Waals surface area (Å²) in [6, 6.07) is 0. The first-order valence-electron chi connectivity index (χ1n) is 6.82. The van der Waals surface area contributed by atoms with E-state index in [4.69, 9.17) is 4.74 Å². The second-order valence-corrected chi connectivity index (χ2v) is 7.66. The first-order chi connectivity index (χ1) is 9.33. The lowest BCUT2D eigenvalue weighted by Gasteiger charge is -2.40. The monoisotopic (exact) mass is 306 g/mol. The number of sulfonamides is 1. The summed E-state index contributed by atoms with van der Waals surface area (Å²) in [5.41, 5.74) is -0.842. The van der Waals surface area contributed by atoms with E-state index in [0.29, 0.717) is 45.8 Å². The van der Waals surface area contributed by atoms with Gasteiger partial charge in [0.15, 0.2) is 0 Å². The van der Waals surface area contributed by atoms with E-state index in [0.717, 1.165) is 6.42 Å². The molecule has 7 nitrogen and oxygen atoms in total. The molecule has 0 bridgehead atoms. The lowest BCUT2D eigenvalue weighted by atomic mass is 9.82. The summed E-state index contributed by atoms with van der Waals surface area (Å²) in [5, 5.41) is 9.49. The van der Waals surface area contributed by atoms with Crippen LogP contribution in [-0.4, -0.2) is 80.9 Å². The second-order valence-electron chi connectivity index (χ2n) is 5.68. The fourth-order valence-corrected chi connectivity index (χ4v) is 3.69. The Morgan fingerprint density at radius 2 is 1.95 bits per heavy atom. The molecule has 116 valence electrons. The highest BCUT2D eigenvalue weighted by Gasteiger charge is 2.42. The Balaban J connectivity index is 1.95. The van der Waals surface area contributed by atoms with Crippen molar-refractivity contribution in [1.82, 2.24) is 9.21 Å². The zero-order valence-corrected chi connectivity index (χ0v) is 12.6. The smallest absolute Gasteiger partial charge is 0.313 e. The van der Waals surface area contributed by atoms with Crippen LogP contribution in [0.1, 0.15) is 12.8 Å². The molecule has 0 spiro atoms. The van der Waals surface area contributed by atoms with Crippen molar-refractivity contribution in [2.45, 2.75) is 12.8 Å². The van der Waals surface area contributed by atoms with E-state index >= 15 is 0 Å². The van der Waals surface area contributed by atoms with Crippen LogP contribution in [0.2, 0.25) is 0 Å². The molecule has 2 aliphatic heterocycles. The number of carbonyl (C=O) groups is 1. The lowest BCUT2D eigenvalue weighted by molar-refractivity contribution is -0.159. The molecular formula is C12H22N2O5S. The molecule has 1 atom stereocenters. The number of hydrogen-bond donors (Lipinski definition) is 1. The Kier molecular flexibility index (Phi) is 4.68. The van der Waals surface area contributed by atoms with Crippen molar-refractivity contribution in [3.05, 3.63) is 0 Å². The number of rotatable bonds is 4. The number of carboxylic acid groups (broad SMARTS) is 1. The zero-order valence-electron chi connectivity index (χ0n) is 11.7. The second kappa shape index (κ2) is 5.97. The van der Waals surface area contributed by atoms with Crippen molar-refractivity contribution < 1.29 is 23.1 Å². The summed E-state index contributed by atoms with van der Waals surface area (Å²) in [5.74, 6) is -0.817. The molecule has 2 saturated heterocycles. The van der Waals surface area contributed by atoms with Crippen LogP contribution in [0.15, 0.2) is 0 Å². The van der Waals surface area contributed by atoms with Gasteiger partial charge in [0.05, 0.1) is 12.9 Å². The molecule has 0 saturated carbocycles. The van der Waals surface area contributed by atoms with E-state index in [-0.39, 0.29) is 6.61 Å². The van der Waals surface area contributed by atoms with E-state index in [1.807, 2.05) is 4.90 Å². The minimum atomic E-state index is -3.15. The lowest BCUT2D eigenvalue weighted by Crippen LogP contribution is -2.54. The molecule has 8 heteroatoms. The molecule has 0 aromatic carbocycles. The minimum absolute atomic E-state index is 0.245. The molecule has 2 fully saturated rings. The van der Waals surface area contributed by atoms with Crippen LogP contribution in [0.25, 0.3) is 0 Å². The number of carboxylic acids is 1. The Morgan fingerprint density at radius 1 is 1.30 bits per heavy atom. The molecule has 0 aliphatic carbocycles. The zero-order chi connectivity index (χ0) is 14.8. The topological polar surface area (TPSA) is 87.2 Å². The summed E-state index contributed by atoms with van der Waals surface area (Å²) < 4.78 is 29.7. The molecule has 0 amide bonds. The fourth-order valence-electron chi connectivity index (χ4n) is 2.86. The Hall–Kier alpha value is -0.700. The number of aliphatic carboxylic acids is 1. The maximum absolute atomic E-state index is 11.6. The van der Waals surface area contributed by atoms with Gasteiger partial charge in [-0.3, -0.25) is 9.69 Å². The molecule has 2 heterocycles. The van der Waals surface area contributed by atoms with Gasteiger partial charge < -0.3 is 9.84 Å². The molecule has 20 heavy (non-hydrogen) atoms. The van der Waals surface area contributed by atoms with E-state index in [9.17, 15) is 18.3 Å². The van der Waals surface area contributed by atoms with E-state index in [2.05, 4.69) is 0 Å². The number of nitrogens with zero attached hydrogens (tertiary/aromatic N) is 2. The molecule has 0 radical (unpaired) electrons. The number of ether oxygens (including phenoxy) is 1. The predicted octanol–water partition coefficient (Wildman–Crippen LogP) is -0.555. The third kappa shape index (κ3) is 3.49. The van der Waals surface area contributed by atoms with E-state index in [1.54, 1.807) is 0 Å². The minimum Gasteiger partial charge on any atom is -0.481 e. The van der Waals surface area contributed by atoms with Crippen LogP contribution in [0.4, 0.5) is 0 Å². The van der Waals surface area contributed by atoms with Crippen molar-refractivity contribution in [1.29, 1.82) is 0 Å². The van der Waals surface area contributed by atoms with Crippen molar-refractivity contribution in [3.8, 4) is 0 Å². The van der Waals surface area contributed by atoms with Gasteiger partial charge in [-0.25, -0.2) is 8.42 Å². The molecular weight excluding hydrogens is 284 g/mol. The quantitative estimate of drug-likeness (QED) is 0.749. The highest BCUT2D eigenvalue weighted by Crippen LogP contribution is 2.30. The van der Waals surface area contributed by atoms with Crippen LogP contribution >= 0.6 is 0 Å². The van der Waals surface area contributed by atoms with Crippen molar-refractivity contribution in [3.63, 3.8) is 0 Å². The van der Waals surface area contributed by atoms with Crippen molar-refractivity contribution >= 4 is 16.0 Å². The average molecular weight is 306 g/mol. The first kappa shape index (κ1) is 15.7. The number of hydrogen-bond acceptors (Lipinski definition) is 5. The SMILES string of the molecule is CS(=O)(=O)N1CCN(CC2(C(=O)O)CCCOC2)CC1. The Bertz CT molecular complexity index is 450. The summed E-state index contributed by atoms with van der Waals surface area (Å²) in [4.78, 5) is 13.6. The molecule has 0 aromatic rings. The van der Waals surface area contributed by atoms with Crippen LogP contribution < -0.4 is 0 Å². The predicted molar refractivity (Wildman–Crippen MR) is 73.0 cm³/mol. The largest absolute Gasteiger partial charge is 0.481 e. The van der Waals surface area contributed by atoms with Crippen LogP contribution in [-0.2, 0) is 19.6 Å². The van der Waals surface area contributed by atoms with Gasteiger partial charge in [-0.1, -0.05) is 0 Å². The van der Waals surface area contributed by atoms with E-state index < -0.39 is 21.4 Å². The molecule has 1 N–H and O–H groups in total. The van der Waals surface area contributed by atoms with Crippen molar-refractivity contribution in [2.24, 2.45) is 5.41 Å². The third-order valence-corrected chi connectivity index (χ3v) is 5.41. The Morgan fingerprint density at radius 3 is 2.40 bits per heavy atom. The standard InChI is InChI=1S/C12H22N2O5S/c1-20(17,18)14-6-4-13(5-7-14)9-12(11(15)16)3-2-8-19-10-12/h2-10H2,1H3,(H,15,16). The number of piperazine rings is 1. The molecule has 2 aliphatic rings. The van der Waals surface area contributed by atoms with Gasteiger partial charge in [-0.15, -0.1) is 0 Å². The van der Waals surface area contributed by atoms with Gasteiger partial charge in [0, 0.05) is 39.3 Å². The summed E-state index contributed by atoms with van der Waals surface area (Å²) in [7, 11) is -3.15. The average Bonchev–Trinajstić information content (AvgIpc) is 2.39. The van der Waals surface area contributed by atoms with E-state index in [1.165, 1.54) is 10.6 Å². The molecule has 2 rings (SSSR count). The summed E-state index contributed by atoms with van der Waals surface area (Å²) >= 11 is 0. The maximum atomic E-state index is 11.6. The van der Waals surface area contributed by atoms with Crippen LogP contribution in [0.5, 0.6) is 0 Å². The Labute approximate surface area is 119 Å². The van der Waals surface area contributed by atoms with Gasteiger partial charge in [-0.2, -0.15) is 4.31 Å². The normalized spacial score (nSPS) is 30.2. The van der Waals surface area contributed by atoms with Crippen molar-refractivity contribution in [2.75, 3.05) is 52.2 Å². The van der Waals surface area contributed by atoms with Gasteiger partial charge in [0.25, 0.3) is 0 Å². The van der Waals surface area contributed by atoms with Crippen LogP contribution in [0.3, 0.4) is 0 Å². The van der Waals surface area contributed by atoms with Gasteiger partial charge >= 0.3 is 5.97 Å². The highest BCUT2D eigenvalue weighted by atomic mass is 32.2. The van der Waals surface area contributed by atoms with Gasteiger partial charge in [0.2, 0.25) is 10.0 Å². The maximum Gasteiger partial charge on any atom is 0.313 e. The first-order valence-corrected chi connectivity index (χ1v) is 8.67. The summed E-state index contributed by atoms with van der Waals surface area (Å²) in [6.07, 6.45) is 2.58. The fraction of sp³-hybridized carbons (Fsp3) is 0.917. The van der Waals surface area contributed by atoms with Gasteiger partial charge in [0.1, 0.15) is 5.41 Å². The van der Waals surface area contributed by atoms with Crippen LogP contribution in [0, 0.1) is 5.41 Å². The third-order valence-electron chi connectivity index (χ3n) is 4.10.